The molecule has 5 rings (SSSR count). The third-order valence-electron chi connectivity index (χ3n) is 7.48. The van der Waals surface area contributed by atoms with Gasteiger partial charge in [0.05, 0.1) is 13.2 Å². The van der Waals surface area contributed by atoms with Crippen LogP contribution in [0.25, 0.3) is 0 Å². The molecule has 1 saturated carbocycles. The lowest BCUT2D eigenvalue weighted by atomic mass is 9.97. The first-order valence-electron chi connectivity index (χ1n) is 13.0. The number of allylic oxidation sites excluding steroid dienone is 3. The van der Waals surface area contributed by atoms with Gasteiger partial charge in [-0.2, -0.15) is 0 Å². The van der Waals surface area contributed by atoms with E-state index in [-0.39, 0.29) is 0 Å². The van der Waals surface area contributed by atoms with Crippen LogP contribution in [0.4, 0.5) is 5.69 Å². The average Bonchev–Trinajstić information content (AvgIpc) is 3.39. The van der Waals surface area contributed by atoms with Crippen LogP contribution in [0.5, 0.6) is 11.5 Å². The number of nitrogens with zero attached hydrogens (tertiary/aromatic N) is 2. The summed E-state index contributed by atoms with van der Waals surface area (Å²) >= 11 is 0. The van der Waals surface area contributed by atoms with Gasteiger partial charge < -0.3 is 14.4 Å². The summed E-state index contributed by atoms with van der Waals surface area (Å²) in [7, 11) is 1.74. The zero-order chi connectivity index (χ0) is 23.2. The fourth-order valence-electron chi connectivity index (χ4n) is 5.58. The molecule has 1 heterocycles. The molecule has 2 aromatic carbocycles. The lowest BCUT2D eigenvalue weighted by Gasteiger charge is -2.43. The van der Waals surface area contributed by atoms with Gasteiger partial charge in [-0.15, -0.1) is 0 Å². The summed E-state index contributed by atoms with van der Waals surface area (Å²) in [6.45, 7) is 4.11. The third-order valence-corrected chi connectivity index (χ3v) is 7.48. The molecule has 1 atom stereocenters. The molecule has 0 unspecified atom stereocenters. The lowest BCUT2D eigenvalue weighted by molar-refractivity contribution is 0.167. The van der Waals surface area contributed by atoms with Crippen LogP contribution >= 0.6 is 0 Å². The summed E-state index contributed by atoms with van der Waals surface area (Å²) in [4.78, 5) is 5.22. The Hall–Kier alpha value is -2.72. The summed E-state index contributed by atoms with van der Waals surface area (Å²) in [6.07, 6.45) is 15.7. The number of ether oxygens (including phenoxy) is 2. The van der Waals surface area contributed by atoms with Gasteiger partial charge in [-0.1, -0.05) is 54.1 Å². The third kappa shape index (κ3) is 5.67. The van der Waals surface area contributed by atoms with Crippen molar-refractivity contribution in [3.8, 4) is 11.5 Å². The second kappa shape index (κ2) is 11.1. The van der Waals surface area contributed by atoms with E-state index in [9.17, 15) is 0 Å². The maximum Gasteiger partial charge on any atom is 0.163 e. The molecule has 0 amide bonds. The highest BCUT2D eigenvalue weighted by molar-refractivity contribution is 5.57. The van der Waals surface area contributed by atoms with Gasteiger partial charge in [0.25, 0.3) is 0 Å². The smallest absolute Gasteiger partial charge is 0.163 e. The number of hydrogen-bond donors (Lipinski definition) is 0. The van der Waals surface area contributed by atoms with E-state index in [4.69, 9.17) is 9.47 Å². The molecule has 0 N–H and O–H groups in total. The fourth-order valence-corrected chi connectivity index (χ4v) is 5.58. The molecule has 1 saturated heterocycles. The summed E-state index contributed by atoms with van der Waals surface area (Å²) in [5, 5.41) is 0. The molecule has 0 radical (unpaired) electrons. The maximum atomic E-state index is 6.40. The topological polar surface area (TPSA) is 24.9 Å². The highest BCUT2D eigenvalue weighted by Crippen LogP contribution is 2.36. The van der Waals surface area contributed by atoms with E-state index in [0.29, 0.717) is 12.1 Å². The van der Waals surface area contributed by atoms with Crippen LogP contribution in [0.1, 0.15) is 50.5 Å². The van der Waals surface area contributed by atoms with Crippen molar-refractivity contribution in [2.75, 3.05) is 31.6 Å². The summed E-state index contributed by atoms with van der Waals surface area (Å²) in [6, 6.07) is 17.9. The van der Waals surface area contributed by atoms with E-state index in [1.165, 1.54) is 42.5 Å². The zero-order valence-corrected chi connectivity index (χ0v) is 20.5. The Morgan fingerprint density at radius 3 is 2.56 bits per heavy atom. The highest BCUT2D eigenvalue weighted by Gasteiger charge is 2.28. The Labute approximate surface area is 204 Å². The van der Waals surface area contributed by atoms with E-state index >= 15 is 0 Å². The Morgan fingerprint density at radius 2 is 1.79 bits per heavy atom. The summed E-state index contributed by atoms with van der Waals surface area (Å²) < 4.78 is 12.0. The van der Waals surface area contributed by atoms with Crippen LogP contribution < -0.4 is 14.4 Å². The van der Waals surface area contributed by atoms with Gasteiger partial charge >= 0.3 is 0 Å². The first kappa shape index (κ1) is 23.0. The van der Waals surface area contributed by atoms with E-state index in [2.05, 4.69) is 76.6 Å². The number of benzene rings is 2. The van der Waals surface area contributed by atoms with Crippen LogP contribution in [0.2, 0.25) is 0 Å². The molecular formula is C30H38N2O2. The fraction of sp³-hybridized carbons (Fsp3) is 0.467. The normalized spacial score (nSPS) is 21.5. The molecule has 34 heavy (non-hydrogen) atoms. The first-order chi connectivity index (χ1) is 16.8. The van der Waals surface area contributed by atoms with E-state index in [0.717, 1.165) is 56.9 Å². The van der Waals surface area contributed by atoms with Crippen LogP contribution in [0.3, 0.4) is 0 Å². The number of piperazine rings is 1. The average molecular weight is 459 g/mol. The molecule has 3 aliphatic rings. The molecule has 4 nitrogen and oxygen atoms in total. The van der Waals surface area contributed by atoms with E-state index in [1.54, 1.807) is 7.11 Å². The first-order valence-corrected chi connectivity index (χ1v) is 13.0. The van der Waals surface area contributed by atoms with Gasteiger partial charge in [0.1, 0.15) is 0 Å². The van der Waals surface area contributed by atoms with Gasteiger partial charge in [-0.05, 0) is 62.6 Å². The highest BCUT2D eigenvalue weighted by atomic mass is 16.5. The van der Waals surface area contributed by atoms with Crippen molar-refractivity contribution >= 4 is 5.69 Å². The van der Waals surface area contributed by atoms with E-state index < -0.39 is 0 Å². The van der Waals surface area contributed by atoms with Crippen molar-refractivity contribution in [2.24, 2.45) is 0 Å². The maximum absolute atomic E-state index is 6.40. The van der Waals surface area contributed by atoms with Crippen LogP contribution in [-0.4, -0.2) is 43.8 Å². The molecular weight excluding hydrogens is 420 g/mol. The molecule has 180 valence electrons. The minimum absolute atomic E-state index is 0.324. The van der Waals surface area contributed by atoms with Gasteiger partial charge in [0, 0.05) is 44.0 Å². The standard InChI is InChI=1S/C30H38N2O2/c1-33-29-17-16-26(21-30(29)34-28-14-8-9-15-28)32-19-18-31(22-25-12-6-3-7-13-25)27(23-32)20-24-10-4-2-5-11-24/h3-4,6-7,10-13,16-17,21,27-28H,2,5,8-9,14-15,18-20,22-23H2,1H3/t27-/m0/s1. The van der Waals surface area contributed by atoms with Gasteiger partial charge in [-0.25, -0.2) is 0 Å². The second-order valence-electron chi connectivity index (χ2n) is 9.88. The van der Waals surface area contributed by atoms with Crippen LogP contribution in [0, 0.1) is 0 Å². The predicted molar refractivity (Wildman–Crippen MR) is 140 cm³/mol. The largest absolute Gasteiger partial charge is 0.493 e. The Kier molecular flexibility index (Phi) is 7.55. The molecule has 2 fully saturated rings. The number of methoxy groups -OCH3 is 1. The van der Waals surface area contributed by atoms with Crippen LogP contribution in [-0.2, 0) is 6.54 Å². The predicted octanol–water partition coefficient (Wildman–Crippen LogP) is 6.37. The van der Waals surface area contributed by atoms with Crippen LogP contribution in [0.15, 0.2) is 72.3 Å². The molecule has 0 spiro atoms. The minimum atomic E-state index is 0.324. The lowest BCUT2D eigenvalue weighted by Crippen LogP contribution is -2.53. The molecule has 0 bridgehead atoms. The number of hydrogen-bond acceptors (Lipinski definition) is 4. The number of anilines is 1. The monoisotopic (exact) mass is 458 g/mol. The molecule has 0 aromatic heterocycles. The molecule has 1 aliphatic heterocycles. The summed E-state index contributed by atoms with van der Waals surface area (Å²) in [5.74, 6) is 1.74. The van der Waals surface area contributed by atoms with Crippen molar-refractivity contribution < 1.29 is 9.47 Å². The Bertz CT molecular complexity index is 994. The Balaban J connectivity index is 1.34. The minimum Gasteiger partial charge on any atom is -0.493 e. The number of rotatable bonds is 8. The SMILES string of the molecule is COc1ccc(N2CCN(Cc3ccccc3)[C@@H](CC3=CCCC=C3)C2)cc1OC1CCCC1. The van der Waals surface area contributed by atoms with Gasteiger partial charge in [0.2, 0.25) is 0 Å². The van der Waals surface area contributed by atoms with Crippen molar-refractivity contribution in [3.63, 3.8) is 0 Å². The van der Waals surface area contributed by atoms with Crippen molar-refractivity contribution in [1.29, 1.82) is 0 Å². The second-order valence-corrected chi connectivity index (χ2v) is 9.88. The summed E-state index contributed by atoms with van der Waals surface area (Å²) in [5.41, 5.74) is 4.12. The molecule has 2 aliphatic carbocycles. The van der Waals surface area contributed by atoms with Crippen molar-refractivity contribution in [1.82, 2.24) is 4.90 Å². The van der Waals surface area contributed by atoms with Crippen molar-refractivity contribution in [3.05, 3.63) is 77.9 Å². The molecule has 2 aromatic rings. The molecule has 4 heteroatoms. The van der Waals surface area contributed by atoms with Gasteiger partial charge in [0.15, 0.2) is 11.5 Å². The quantitative estimate of drug-likeness (QED) is 0.459. The Morgan fingerprint density at radius 1 is 0.941 bits per heavy atom. The van der Waals surface area contributed by atoms with E-state index in [1.807, 2.05) is 0 Å². The zero-order valence-electron chi connectivity index (χ0n) is 20.5. The van der Waals surface area contributed by atoms with Crippen molar-refractivity contribution in [2.45, 2.75) is 63.6 Å². The van der Waals surface area contributed by atoms with Gasteiger partial charge in [-0.3, -0.25) is 4.90 Å².